The van der Waals surface area contributed by atoms with E-state index in [1.807, 2.05) is 0 Å². The normalized spacial score (nSPS) is 14.2. The Balaban J connectivity index is 1.63. The molecule has 1 aliphatic rings. The molecule has 0 unspecified atom stereocenters. The Labute approximate surface area is 126 Å². The number of rotatable bonds is 4. The molecule has 0 bridgehead atoms. The van der Waals surface area contributed by atoms with Crippen molar-refractivity contribution in [3.63, 3.8) is 0 Å². The average molecular weight is 294 g/mol. The van der Waals surface area contributed by atoms with Gasteiger partial charge in [0.1, 0.15) is 5.69 Å². The van der Waals surface area contributed by atoms with E-state index in [0.29, 0.717) is 17.9 Å². The van der Waals surface area contributed by atoms with Gasteiger partial charge in [-0.05, 0) is 29.9 Å². The second-order valence-electron chi connectivity index (χ2n) is 5.49. The number of hydrogen-bond donors (Lipinski definition) is 1. The van der Waals surface area contributed by atoms with Crippen LogP contribution in [0.1, 0.15) is 35.6 Å². The molecule has 0 atom stereocenters. The van der Waals surface area contributed by atoms with E-state index in [1.165, 1.54) is 18.4 Å². The Hall–Kier alpha value is -2.76. The first-order valence-corrected chi connectivity index (χ1v) is 7.25. The monoisotopic (exact) mass is 294 g/mol. The molecule has 0 amide bonds. The van der Waals surface area contributed by atoms with Crippen molar-refractivity contribution >= 4 is 0 Å². The quantitative estimate of drug-likeness (QED) is 0.798. The molecule has 1 fully saturated rings. The fourth-order valence-electron chi connectivity index (χ4n) is 2.54. The Kier molecular flexibility index (Phi) is 3.07. The zero-order chi connectivity index (χ0) is 14.9. The molecule has 0 saturated heterocycles. The zero-order valence-corrected chi connectivity index (χ0v) is 11.8. The highest BCUT2D eigenvalue weighted by molar-refractivity contribution is 5.52. The summed E-state index contributed by atoms with van der Waals surface area (Å²) in [5.74, 6) is 0.462. The van der Waals surface area contributed by atoms with Gasteiger partial charge in [0.05, 0.1) is 5.69 Å². The van der Waals surface area contributed by atoms with Crippen molar-refractivity contribution in [3.05, 3.63) is 64.0 Å². The molecule has 0 radical (unpaired) electrons. The number of nitrogens with zero attached hydrogens (tertiary/aromatic N) is 3. The summed E-state index contributed by atoms with van der Waals surface area (Å²) < 4.78 is 4.54. The summed E-state index contributed by atoms with van der Waals surface area (Å²) >= 11 is 0. The predicted molar refractivity (Wildman–Crippen MR) is 79.4 cm³/mol. The lowest BCUT2D eigenvalue weighted by Crippen LogP contribution is -2.01. The second kappa shape index (κ2) is 5.22. The van der Waals surface area contributed by atoms with E-state index in [2.05, 4.69) is 48.9 Å². The van der Waals surface area contributed by atoms with Crippen molar-refractivity contribution < 1.29 is 4.52 Å². The zero-order valence-electron chi connectivity index (χ0n) is 11.8. The Morgan fingerprint density at radius 3 is 2.59 bits per heavy atom. The van der Waals surface area contributed by atoms with Gasteiger partial charge < -0.3 is 0 Å². The van der Waals surface area contributed by atoms with Gasteiger partial charge in [0.25, 0.3) is 0 Å². The van der Waals surface area contributed by atoms with Crippen LogP contribution in [-0.2, 0) is 6.42 Å². The molecule has 110 valence electrons. The van der Waals surface area contributed by atoms with Crippen LogP contribution in [0.25, 0.3) is 11.5 Å². The van der Waals surface area contributed by atoms with E-state index in [0.717, 1.165) is 17.2 Å². The van der Waals surface area contributed by atoms with Gasteiger partial charge in [0.2, 0.25) is 5.82 Å². The summed E-state index contributed by atoms with van der Waals surface area (Å²) in [6.07, 6.45) is 6.43. The molecule has 2 aromatic heterocycles. The van der Waals surface area contributed by atoms with Crippen LogP contribution in [-0.4, -0.2) is 20.1 Å². The predicted octanol–water partition coefficient (Wildman–Crippen LogP) is 2.29. The highest BCUT2D eigenvalue weighted by Gasteiger charge is 2.23. The van der Waals surface area contributed by atoms with Crippen molar-refractivity contribution in [1.82, 2.24) is 20.1 Å². The van der Waals surface area contributed by atoms with Crippen molar-refractivity contribution in [3.8, 4) is 11.5 Å². The van der Waals surface area contributed by atoms with E-state index in [9.17, 15) is 4.79 Å². The maximum atomic E-state index is 11.1. The smallest absolute Gasteiger partial charge is 0.296 e. The molecule has 3 aromatic rings. The number of H-pyrrole nitrogens is 1. The lowest BCUT2D eigenvalue weighted by atomic mass is 10.0. The molecule has 6 heteroatoms. The molecule has 0 spiro atoms. The van der Waals surface area contributed by atoms with Crippen LogP contribution in [0, 0.1) is 0 Å². The molecule has 22 heavy (non-hydrogen) atoms. The Morgan fingerprint density at radius 2 is 1.91 bits per heavy atom. The van der Waals surface area contributed by atoms with E-state index in [-0.39, 0.29) is 0 Å². The lowest BCUT2D eigenvalue weighted by Gasteiger charge is -2.06. The Bertz CT molecular complexity index is 847. The highest BCUT2D eigenvalue weighted by atomic mass is 16.5. The SMILES string of the molecule is O=c1[nH]c(-c2nccnc2Cc2ccc(C3CC3)cc2)no1. The summed E-state index contributed by atoms with van der Waals surface area (Å²) in [6, 6.07) is 8.61. The molecule has 6 nitrogen and oxygen atoms in total. The number of aromatic amines is 1. The van der Waals surface area contributed by atoms with Crippen LogP contribution in [0.3, 0.4) is 0 Å². The minimum atomic E-state index is -0.597. The fourth-order valence-corrected chi connectivity index (χ4v) is 2.54. The topological polar surface area (TPSA) is 84.7 Å². The minimum absolute atomic E-state index is 0.308. The minimum Gasteiger partial charge on any atom is -0.296 e. The van der Waals surface area contributed by atoms with Crippen LogP contribution in [0.5, 0.6) is 0 Å². The van der Waals surface area contributed by atoms with Crippen LogP contribution < -0.4 is 5.76 Å². The fraction of sp³-hybridized carbons (Fsp3) is 0.250. The molecular formula is C16H14N4O2. The first-order valence-electron chi connectivity index (χ1n) is 7.25. The van der Waals surface area contributed by atoms with E-state index < -0.39 is 5.76 Å². The van der Waals surface area contributed by atoms with Crippen LogP contribution in [0.15, 0.2) is 46.0 Å². The molecule has 1 saturated carbocycles. The van der Waals surface area contributed by atoms with Gasteiger partial charge in [-0.1, -0.05) is 29.4 Å². The summed E-state index contributed by atoms with van der Waals surface area (Å²) in [5, 5.41) is 3.69. The number of hydrogen-bond acceptors (Lipinski definition) is 5. The van der Waals surface area contributed by atoms with Crippen molar-refractivity contribution in [2.45, 2.75) is 25.2 Å². The summed E-state index contributed by atoms with van der Waals surface area (Å²) in [4.78, 5) is 22.2. The van der Waals surface area contributed by atoms with Crippen molar-refractivity contribution in [2.75, 3.05) is 0 Å². The molecule has 0 aliphatic heterocycles. The molecule has 2 heterocycles. The molecule has 4 rings (SSSR count). The number of aromatic nitrogens is 4. The standard InChI is InChI=1S/C16H14N4O2/c21-16-19-15(20-22-16)14-13(17-7-8-18-14)9-10-1-3-11(4-2-10)12-5-6-12/h1-4,7-8,12H,5-6,9H2,(H,19,20,21). The van der Waals surface area contributed by atoms with Gasteiger partial charge >= 0.3 is 5.76 Å². The highest BCUT2D eigenvalue weighted by Crippen LogP contribution is 2.39. The van der Waals surface area contributed by atoms with E-state index in [4.69, 9.17) is 0 Å². The third kappa shape index (κ3) is 2.55. The van der Waals surface area contributed by atoms with Gasteiger partial charge in [-0.3, -0.25) is 14.5 Å². The molecular weight excluding hydrogens is 280 g/mol. The summed E-state index contributed by atoms with van der Waals surface area (Å²) in [6.45, 7) is 0. The van der Waals surface area contributed by atoms with Crippen LogP contribution in [0.2, 0.25) is 0 Å². The molecule has 1 aliphatic carbocycles. The second-order valence-corrected chi connectivity index (χ2v) is 5.49. The average Bonchev–Trinajstić information content (AvgIpc) is 3.30. The van der Waals surface area contributed by atoms with Crippen molar-refractivity contribution in [1.29, 1.82) is 0 Å². The van der Waals surface area contributed by atoms with Crippen LogP contribution >= 0.6 is 0 Å². The Morgan fingerprint density at radius 1 is 1.14 bits per heavy atom. The summed E-state index contributed by atoms with van der Waals surface area (Å²) in [7, 11) is 0. The maximum Gasteiger partial charge on any atom is 0.439 e. The van der Waals surface area contributed by atoms with Gasteiger partial charge in [0, 0.05) is 18.8 Å². The summed E-state index contributed by atoms with van der Waals surface area (Å²) in [5.41, 5.74) is 3.85. The van der Waals surface area contributed by atoms with Crippen LogP contribution in [0.4, 0.5) is 0 Å². The van der Waals surface area contributed by atoms with Gasteiger partial charge in [-0.25, -0.2) is 9.78 Å². The maximum absolute atomic E-state index is 11.1. The lowest BCUT2D eigenvalue weighted by molar-refractivity contribution is 0.387. The first kappa shape index (κ1) is 12.9. The third-order valence-electron chi connectivity index (χ3n) is 3.84. The van der Waals surface area contributed by atoms with Gasteiger partial charge in [-0.2, -0.15) is 0 Å². The van der Waals surface area contributed by atoms with Gasteiger partial charge in [0.15, 0.2) is 0 Å². The third-order valence-corrected chi connectivity index (χ3v) is 3.84. The van der Waals surface area contributed by atoms with Crippen molar-refractivity contribution in [2.24, 2.45) is 0 Å². The molecule has 1 N–H and O–H groups in total. The van der Waals surface area contributed by atoms with E-state index in [1.54, 1.807) is 12.4 Å². The van der Waals surface area contributed by atoms with E-state index >= 15 is 0 Å². The molecule has 1 aromatic carbocycles. The van der Waals surface area contributed by atoms with Gasteiger partial charge in [-0.15, -0.1) is 0 Å². The number of benzene rings is 1. The first-order chi connectivity index (χ1) is 10.8. The largest absolute Gasteiger partial charge is 0.439 e. The number of nitrogens with one attached hydrogen (secondary N) is 1.